The maximum absolute atomic E-state index is 11.8. The predicted molar refractivity (Wildman–Crippen MR) is 86.0 cm³/mol. The second-order valence-electron chi connectivity index (χ2n) is 5.88. The Morgan fingerprint density at radius 2 is 1.82 bits per heavy atom. The minimum absolute atomic E-state index is 0.0222. The summed E-state index contributed by atoms with van der Waals surface area (Å²) in [6, 6.07) is 7.96. The highest BCUT2D eigenvalue weighted by Gasteiger charge is 2.24. The highest BCUT2D eigenvalue weighted by atomic mass is 35.5. The van der Waals surface area contributed by atoms with E-state index in [-0.39, 0.29) is 11.8 Å². The zero-order valence-electron chi connectivity index (χ0n) is 12.8. The van der Waals surface area contributed by atoms with Crippen LogP contribution in [0.2, 0.25) is 5.02 Å². The Balaban J connectivity index is 1.60. The van der Waals surface area contributed by atoms with Gasteiger partial charge in [0.15, 0.2) is 13.1 Å². The first-order valence-electron chi connectivity index (χ1n) is 7.65. The monoisotopic (exact) mass is 324 g/mol. The molecule has 120 valence electrons. The van der Waals surface area contributed by atoms with E-state index in [2.05, 4.69) is 10.6 Å². The van der Waals surface area contributed by atoms with Crippen LogP contribution in [0.15, 0.2) is 24.3 Å². The maximum atomic E-state index is 11.8. The van der Waals surface area contributed by atoms with Gasteiger partial charge in [-0.15, -0.1) is 0 Å². The highest BCUT2D eigenvalue weighted by Crippen LogP contribution is 2.17. The summed E-state index contributed by atoms with van der Waals surface area (Å²) in [6.45, 7) is 1.22. The van der Waals surface area contributed by atoms with Crippen LogP contribution >= 0.6 is 11.6 Å². The molecule has 0 spiro atoms. The zero-order valence-corrected chi connectivity index (χ0v) is 13.6. The summed E-state index contributed by atoms with van der Waals surface area (Å²) in [5.74, 6) is -0.0142. The lowest BCUT2D eigenvalue weighted by Gasteiger charge is -2.13. The van der Waals surface area contributed by atoms with Gasteiger partial charge in [0.2, 0.25) is 0 Å². The van der Waals surface area contributed by atoms with Crippen molar-refractivity contribution >= 4 is 23.4 Å². The average molecular weight is 325 g/mol. The third kappa shape index (κ3) is 6.45. The van der Waals surface area contributed by atoms with Crippen LogP contribution in [0.5, 0.6) is 0 Å². The van der Waals surface area contributed by atoms with Gasteiger partial charge in [-0.2, -0.15) is 0 Å². The van der Waals surface area contributed by atoms with Crippen LogP contribution in [-0.2, 0) is 16.0 Å². The summed E-state index contributed by atoms with van der Waals surface area (Å²) < 4.78 is 0. The molecule has 0 heterocycles. The number of carbonyl (C=O) groups excluding carboxylic acids is 2. The number of rotatable bonds is 8. The number of carbonyl (C=O) groups is 2. The van der Waals surface area contributed by atoms with Crippen molar-refractivity contribution in [1.29, 1.82) is 0 Å². The molecule has 1 aliphatic carbocycles. The largest absolute Gasteiger partial charge is 0.351 e. The molecule has 2 rings (SSSR count). The third-order valence-electron chi connectivity index (χ3n) is 3.52. The first-order chi connectivity index (χ1) is 10.5. The molecule has 1 unspecified atom stereocenters. The quantitative estimate of drug-likeness (QED) is 0.620. The van der Waals surface area contributed by atoms with E-state index in [1.54, 1.807) is 0 Å². The van der Waals surface area contributed by atoms with Crippen molar-refractivity contribution in [3.8, 4) is 0 Å². The normalized spacial score (nSPS) is 15.2. The number of hydrogen-bond acceptors (Lipinski definition) is 2. The van der Waals surface area contributed by atoms with Crippen molar-refractivity contribution in [2.24, 2.45) is 0 Å². The number of halogens is 1. The number of likely N-dealkylation sites (N-methyl/N-ethyl adjacent to an activating group) is 1. The highest BCUT2D eigenvalue weighted by molar-refractivity contribution is 6.30. The second-order valence-corrected chi connectivity index (χ2v) is 6.32. The first-order valence-corrected chi connectivity index (χ1v) is 8.02. The molecule has 5 nitrogen and oxygen atoms in total. The minimum Gasteiger partial charge on any atom is -0.351 e. The number of amides is 2. The number of quaternary nitrogens is 1. The molecule has 1 fully saturated rings. The van der Waals surface area contributed by atoms with Gasteiger partial charge in [0.05, 0.1) is 7.05 Å². The van der Waals surface area contributed by atoms with E-state index in [0.717, 1.165) is 29.7 Å². The van der Waals surface area contributed by atoms with Crippen LogP contribution in [0.3, 0.4) is 0 Å². The summed E-state index contributed by atoms with van der Waals surface area (Å²) in [5.41, 5.74) is 1.13. The molecule has 1 atom stereocenters. The van der Waals surface area contributed by atoms with Gasteiger partial charge in [-0.25, -0.2) is 0 Å². The molecule has 0 aliphatic heterocycles. The van der Waals surface area contributed by atoms with Gasteiger partial charge in [0, 0.05) is 17.6 Å². The van der Waals surface area contributed by atoms with E-state index >= 15 is 0 Å². The summed E-state index contributed by atoms with van der Waals surface area (Å²) in [5, 5.41) is 6.51. The van der Waals surface area contributed by atoms with Crippen LogP contribution < -0.4 is 15.5 Å². The maximum Gasteiger partial charge on any atom is 0.275 e. The van der Waals surface area contributed by atoms with Crippen molar-refractivity contribution < 1.29 is 14.5 Å². The van der Waals surface area contributed by atoms with Gasteiger partial charge >= 0.3 is 0 Å². The summed E-state index contributed by atoms with van der Waals surface area (Å²) in [6.07, 6.45) is 2.93. The molecule has 0 bridgehead atoms. The second kappa shape index (κ2) is 8.15. The lowest BCUT2D eigenvalue weighted by Crippen LogP contribution is -3.11. The summed E-state index contributed by atoms with van der Waals surface area (Å²) in [7, 11) is 1.85. The van der Waals surface area contributed by atoms with E-state index in [1.807, 2.05) is 31.3 Å². The van der Waals surface area contributed by atoms with Crippen molar-refractivity contribution in [2.45, 2.75) is 25.3 Å². The molecular weight excluding hydrogens is 302 g/mol. The molecule has 22 heavy (non-hydrogen) atoms. The molecule has 0 saturated heterocycles. The fraction of sp³-hybridized carbons (Fsp3) is 0.500. The first kappa shape index (κ1) is 16.8. The molecule has 1 saturated carbocycles. The molecular formula is C16H23ClN3O2+. The Bertz CT molecular complexity index is 515. The zero-order chi connectivity index (χ0) is 15.9. The molecule has 0 radical (unpaired) electrons. The van der Waals surface area contributed by atoms with Crippen molar-refractivity contribution in [3.05, 3.63) is 34.9 Å². The topological polar surface area (TPSA) is 62.6 Å². The van der Waals surface area contributed by atoms with Gasteiger partial charge in [0.25, 0.3) is 11.8 Å². The lowest BCUT2D eigenvalue weighted by molar-refractivity contribution is -0.862. The molecule has 6 heteroatoms. The van der Waals surface area contributed by atoms with E-state index in [1.165, 1.54) is 0 Å². The molecule has 0 aromatic heterocycles. The van der Waals surface area contributed by atoms with E-state index in [4.69, 9.17) is 11.6 Å². The number of benzene rings is 1. The van der Waals surface area contributed by atoms with Crippen LogP contribution in [0.25, 0.3) is 0 Å². The van der Waals surface area contributed by atoms with Gasteiger partial charge in [-0.05, 0) is 37.0 Å². The Morgan fingerprint density at radius 3 is 2.45 bits per heavy atom. The fourth-order valence-corrected chi connectivity index (χ4v) is 2.30. The third-order valence-corrected chi connectivity index (χ3v) is 3.77. The van der Waals surface area contributed by atoms with Gasteiger partial charge in [-0.3, -0.25) is 9.59 Å². The van der Waals surface area contributed by atoms with E-state index in [9.17, 15) is 9.59 Å². The Labute approximate surface area is 136 Å². The van der Waals surface area contributed by atoms with Crippen LogP contribution in [0.4, 0.5) is 0 Å². The molecule has 1 aromatic rings. The number of nitrogens with one attached hydrogen (secondary N) is 3. The standard InChI is InChI=1S/C16H22ClN3O2/c1-20(11-16(22)19-14-6-7-14)10-15(21)18-9-8-12-2-4-13(17)5-3-12/h2-5,14H,6-11H2,1H3,(H,18,21)(H,19,22)/p+1. The van der Waals surface area contributed by atoms with Gasteiger partial charge in [0.1, 0.15) is 0 Å². The van der Waals surface area contributed by atoms with E-state index in [0.29, 0.717) is 30.7 Å². The average Bonchev–Trinajstić information content (AvgIpc) is 3.24. The van der Waals surface area contributed by atoms with Crippen molar-refractivity contribution in [2.75, 3.05) is 26.7 Å². The van der Waals surface area contributed by atoms with Crippen LogP contribution in [0.1, 0.15) is 18.4 Å². The molecule has 1 aliphatic rings. The SMILES string of the molecule is C[NH+](CC(=O)NCCc1ccc(Cl)cc1)CC(=O)NC1CC1. The van der Waals surface area contributed by atoms with Crippen molar-refractivity contribution in [1.82, 2.24) is 10.6 Å². The fourth-order valence-electron chi connectivity index (χ4n) is 2.18. The smallest absolute Gasteiger partial charge is 0.275 e. The van der Waals surface area contributed by atoms with Crippen LogP contribution in [0, 0.1) is 0 Å². The summed E-state index contributed by atoms with van der Waals surface area (Å²) >= 11 is 5.83. The van der Waals surface area contributed by atoms with Gasteiger partial charge in [-0.1, -0.05) is 23.7 Å². The Hall–Kier alpha value is -1.59. The molecule has 3 N–H and O–H groups in total. The minimum atomic E-state index is -0.0364. The predicted octanol–water partition coefficient (Wildman–Crippen LogP) is -0.208. The lowest BCUT2D eigenvalue weighted by atomic mass is 10.1. The van der Waals surface area contributed by atoms with Crippen molar-refractivity contribution in [3.63, 3.8) is 0 Å². The summed E-state index contributed by atoms with van der Waals surface area (Å²) in [4.78, 5) is 24.4. The molecule has 2 amide bonds. The number of hydrogen-bond donors (Lipinski definition) is 3. The van der Waals surface area contributed by atoms with Crippen LogP contribution in [-0.4, -0.2) is 44.5 Å². The van der Waals surface area contributed by atoms with E-state index < -0.39 is 0 Å². The Morgan fingerprint density at radius 1 is 1.18 bits per heavy atom. The Kier molecular flexibility index (Phi) is 6.21. The van der Waals surface area contributed by atoms with Gasteiger partial charge < -0.3 is 15.5 Å². The molecule has 1 aromatic carbocycles.